The lowest BCUT2D eigenvalue weighted by molar-refractivity contribution is -0.146. The normalized spacial score (nSPS) is 18.8. The number of nitrogens with two attached hydrogens (primary N) is 1. The van der Waals surface area contributed by atoms with E-state index >= 15 is 0 Å². The van der Waals surface area contributed by atoms with Crippen LogP contribution < -0.4 is 16.6 Å². The minimum Gasteiger partial charge on any atom is -0.377 e. The average Bonchev–Trinajstić information content (AvgIpc) is 2.48. The van der Waals surface area contributed by atoms with Crippen LogP contribution in [0.4, 0.5) is 11.6 Å². The Labute approximate surface area is 121 Å². The van der Waals surface area contributed by atoms with Crippen LogP contribution in [0.25, 0.3) is 0 Å². The molecule has 2 heterocycles. The van der Waals surface area contributed by atoms with Crippen LogP contribution in [0.3, 0.4) is 0 Å². The Kier molecular flexibility index (Phi) is 4.66. The van der Waals surface area contributed by atoms with Crippen LogP contribution in [0.2, 0.25) is 0 Å². The molecule has 114 valence electrons. The summed E-state index contributed by atoms with van der Waals surface area (Å²) in [6, 6.07) is 1.09. The zero-order valence-electron chi connectivity index (χ0n) is 11.9. The number of hydrazine groups is 1. The summed E-state index contributed by atoms with van der Waals surface area (Å²) in [5.41, 5.74) is 2.43. The highest BCUT2D eigenvalue weighted by Crippen LogP contribution is 2.18. The molecular formula is C12H18N6O3. The molecule has 9 heteroatoms. The predicted octanol–water partition coefficient (Wildman–Crippen LogP) is -0.532. The molecule has 2 amide bonds. The van der Waals surface area contributed by atoms with Crippen molar-refractivity contribution in [3.63, 3.8) is 0 Å². The smallest absolute Gasteiger partial charge is 0.251 e. The maximum atomic E-state index is 12.0. The fourth-order valence-corrected chi connectivity index (χ4v) is 2.07. The highest BCUT2D eigenvalue weighted by Gasteiger charge is 2.31. The van der Waals surface area contributed by atoms with E-state index in [-0.39, 0.29) is 18.4 Å². The molecule has 1 aliphatic heterocycles. The van der Waals surface area contributed by atoms with Gasteiger partial charge in [-0.3, -0.25) is 14.5 Å². The van der Waals surface area contributed by atoms with Crippen molar-refractivity contribution in [1.29, 1.82) is 0 Å². The van der Waals surface area contributed by atoms with Crippen molar-refractivity contribution >= 4 is 23.5 Å². The summed E-state index contributed by atoms with van der Waals surface area (Å²) in [4.78, 5) is 33.0. The summed E-state index contributed by atoms with van der Waals surface area (Å²) < 4.78 is 4.98. The van der Waals surface area contributed by atoms with Crippen molar-refractivity contribution in [2.45, 2.75) is 25.5 Å². The maximum absolute atomic E-state index is 12.0. The summed E-state index contributed by atoms with van der Waals surface area (Å²) in [6.07, 6.45) is 0.745. The third kappa shape index (κ3) is 3.44. The third-order valence-electron chi connectivity index (χ3n) is 3.17. The molecule has 1 aromatic rings. The van der Waals surface area contributed by atoms with Crippen LogP contribution in [-0.2, 0) is 20.9 Å². The third-order valence-corrected chi connectivity index (χ3v) is 3.17. The molecule has 4 N–H and O–H groups in total. The number of hydrogen-bond acceptors (Lipinski definition) is 8. The van der Waals surface area contributed by atoms with Crippen LogP contribution in [0.5, 0.6) is 0 Å². The summed E-state index contributed by atoms with van der Waals surface area (Å²) in [5.74, 6) is 6.20. The number of nitrogen functional groups attached to an aromatic ring is 1. The van der Waals surface area contributed by atoms with Crippen LogP contribution in [-0.4, -0.2) is 46.9 Å². The van der Waals surface area contributed by atoms with Gasteiger partial charge in [-0.25, -0.2) is 15.8 Å². The van der Waals surface area contributed by atoms with E-state index in [0.29, 0.717) is 30.3 Å². The molecule has 0 saturated carbocycles. The second-order valence-corrected chi connectivity index (χ2v) is 4.66. The number of anilines is 2. The minimum absolute atomic E-state index is 0.176. The van der Waals surface area contributed by atoms with E-state index in [2.05, 4.69) is 20.7 Å². The predicted molar refractivity (Wildman–Crippen MR) is 75.0 cm³/mol. The number of carbonyl (C=O) groups excluding carboxylic acids is 2. The second-order valence-electron chi connectivity index (χ2n) is 4.66. The zero-order valence-corrected chi connectivity index (χ0v) is 11.9. The molecule has 2 rings (SSSR count). The first-order valence-corrected chi connectivity index (χ1v) is 6.45. The van der Waals surface area contributed by atoms with E-state index in [0.717, 1.165) is 4.90 Å². The Morgan fingerprint density at radius 2 is 2.14 bits per heavy atom. The van der Waals surface area contributed by atoms with Gasteiger partial charge in [0.05, 0.1) is 0 Å². The molecule has 1 atom stereocenters. The number of likely N-dealkylation sites (N-methyl/N-ethyl adjacent to an activating group) is 1. The molecule has 1 aromatic heterocycles. The van der Waals surface area contributed by atoms with Crippen molar-refractivity contribution < 1.29 is 14.3 Å². The van der Waals surface area contributed by atoms with Gasteiger partial charge in [0.1, 0.15) is 24.3 Å². The number of methoxy groups -OCH3 is 1. The van der Waals surface area contributed by atoms with Gasteiger partial charge in [0.2, 0.25) is 5.91 Å². The molecule has 1 unspecified atom stereocenters. The van der Waals surface area contributed by atoms with Crippen molar-refractivity contribution in [2.24, 2.45) is 5.84 Å². The lowest BCUT2D eigenvalue weighted by Gasteiger charge is -2.28. The molecule has 1 fully saturated rings. The molecule has 0 radical (unpaired) electrons. The van der Waals surface area contributed by atoms with Gasteiger partial charge in [-0.15, -0.1) is 0 Å². The molecule has 21 heavy (non-hydrogen) atoms. The first kappa shape index (κ1) is 15.1. The van der Waals surface area contributed by atoms with Gasteiger partial charge < -0.3 is 15.5 Å². The van der Waals surface area contributed by atoms with E-state index in [9.17, 15) is 9.59 Å². The first-order chi connectivity index (χ1) is 10.0. The van der Waals surface area contributed by atoms with Crippen LogP contribution >= 0.6 is 0 Å². The van der Waals surface area contributed by atoms with Gasteiger partial charge in [0.15, 0.2) is 5.82 Å². The maximum Gasteiger partial charge on any atom is 0.251 e. The number of amides is 2. The first-order valence-electron chi connectivity index (χ1n) is 6.45. The van der Waals surface area contributed by atoms with E-state index < -0.39 is 6.04 Å². The van der Waals surface area contributed by atoms with E-state index in [1.165, 1.54) is 14.2 Å². The van der Waals surface area contributed by atoms with Gasteiger partial charge in [0, 0.05) is 26.6 Å². The Morgan fingerprint density at radius 1 is 1.43 bits per heavy atom. The quantitative estimate of drug-likeness (QED) is 0.376. The Morgan fingerprint density at radius 3 is 2.81 bits per heavy atom. The summed E-state index contributed by atoms with van der Waals surface area (Å²) >= 11 is 0. The fourth-order valence-electron chi connectivity index (χ4n) is 2.07. The van der Waals surface area contributed by atoms with Gasteiger partial charge in [0.25, 0.3) is 5.91 Å². The molecular weight excluding hydrogens is 276 g/mol. The molecule has 0 bridgehead atoms. The van der Waals surface area contributed by atoms with Crippen molar-refractivity contribution in [3.05, 3.63) is 11.9 Å². The molecule has 1 saturated heterocycles. The largest absolute Gasteiger partial charge is 0.377 e. The van der Waals surface area contributed by atoms with E-state index in [4.69, 9.17) is 10.6 Å². The van der Waals surface area contributed by atoms with Gasteiger partial charge in [-0.05, 0) is 6.42 Å². The standard InChI is InChI=1S/C12H18N6O3/c1-18-11(19)4-3-7(12(18)20)14-8-5-9(17-13)16-10(15-8)6-21-2/h5,7H,3-4,6,13H2,1-2H3,(H2,14,15,16,17). The fraction of sp³-hybridized carbons (Fsp3) is 0.500. The number of ether oxygens (including phenoxy) is 1. The molecule has 0 aromatic carbocycles. The van der Waals surface area contributed by atoms with Crippen molar-refractivity contribution in [1.82, 2.24) is 14.9 Å². The topological polar surface area (TPSA) is 122 Å². The molecule has 0 spiro atoms. The van der Waals surface area contributed by atoms with Gasteiger partial charge >= 0.3 is 0 Å². The summed E-state index contributed by atoms with van der Waals surface area (Å²) in [6.45, 7) is 0.223. The molecule has 1 aliphatic rings. The number of likely N-dealkylation sites (tertiary alicyclic amines) is 1. The van der Waals surface area contributed by atoms with E-state index in [1.807, 2.05) is 0 Å². The van der Waals surface area contributed by atoms with Gasteiger partial charge in [-0.2, -0.15) is 0 Å². The Hall–Kier alpha value is -2.26. The number of rotatable bonds is 5. The highest BCUT2D eigenvalue weighted by atomic mass is 16.5. The van der Waals surface area contributed by atoms with Crippen molar-refractivity contribution in [3.8, 4) is 0 Å². The number of piperidine rings is 1. The average molecular weight is 294 g/mol. The number of hydrogen-bond donors (Lipinski definition) is 3. The number of nitrogens with one attached hydrogen (secondary N) is 2. The number of aromatic nitrogens is 2. The van der Waals surface area contributed by atoms with Crippen LogP contribution in [0, 0.1) is 0 Å². The van der Waals surface area contributed by atoms with Gasteiger partial charge in [-0.1, -0.05) is 0 Å². The number of carbonyl (C=O) groups is 2. The SMILES string of the molecule is COCc1nc(NN)cc(NC2CCC(=O)N(C)C2=O)n1. The zero-order chi connectivity index (χ0) is 15.4. The van der Waals surface area contributed by atoms with E-state index in [1.54, 1.807) is 6.07 Å². The van der Waals surface area contributed by atoms with Crippen LogP contribution in [0.1, 0.15) is 18.7 Å². The lowest BCUT2D eigenvalue weighted by Crippen LogP contribution is -2.48. The number of nitrogens with zero attached hydrogens (tertiary/aromatic N) is 3. The molecule has 9 nitrogen and oxygen atoms in total. The lowest BCUT2D eigenvalue weighted by atomic mass is 10.0. The van der Waals surface area contributed by atoms with Crippen molar-refractivity contribution in [2.75, 3.05) is 24.9 Å². The van der Waals surface area contributed by atoms with Crippen LogP contribution in [0.15, 0.2) is 6.07 Å². The summed E-state index contributed by atoms with van der Waals surface area (Å²) in [7, 11) is 3.01. The second kappa shape index (κ2) is 6.46. The Balaban J connectivity index is 2.16. The minimum atomic E-state index is -0.497. The highest BCUT2D eigenvalue weighted by molar-refractivity contribution is 6.01. The Bertz CT molecular complexity index is 550. The molecule has 0 aliphatic carbocycles. The monoisotopic (exact) mass is 294 g/mol. The summed E-state index contributed by atoms with van der Waals surface area (Å²) in [5, 5.41) is 3.01. The number of imide groups is 1.